The maximum atomic E-state index is 5.68. The Labute approximate surface area is 124 Å². The van der Waals surface area contributed by atoms with Crippen LogP contribution in [0.2, 0.25) is 0 Å². The maximum absolute atomic E-state index is 5.68. The Morgan fingerprint density at radius 3 is 2.90 bits per heavy atom. The molecule has 0 aliphatic carbocycles. The molecular formula is C15H21N5O. The van der Waals surface area contributed by atoms with Gasteiger partial charge in [0.05, 0.1) is 12.2 Å². The maximum Gasteiger partial charge on any atom is 0.230 e. The summed E-state index contributed by atoms with van der Waals surface area (Å²) in [6.45, 7) is 8.67. The molecule has 0 fully saturated rings. The largest absolute Gasteiger partial charge is 0.424 e. The number of rotatable bonds is 4. The van der Waals surface area contributed by atoms with Crippen LogP contribution in [0.3, 0.4) is 0 Å². The van der Waals surface area contributed by atoms with Gasteiger partial charge in [-0.25, -0.2) is 9.97 Å². The molecule has 0 saturated carbocycles. The smallest absolute Gasteiger partial charge is 0.230 e. The molecule has 3 rings (SSSR count). The number of hydrogen-bond acceptors (Lipinski definition) is 6. The van der Waals surface area contributed by atoms with Gasteiger partial charge in [0.15, 0.2) is 0 Å². The average molecular weight is 287 g/mol. The minimum absolute atomic E-state index is 0.271. The van der Waals surface area contributed by atoms with Gasteiger partial charge in [0, 0.05) is 31.6 Å². The second-order valence-electron chi connectivity index (χ2n) is 5.76. The predicted octanol–water partition coefficient (Wildman–Crippen LogP) is 2.10. The van der Waals surface area contributed by atoms with Gasteiger partial charge in [0.1, 0.15) is 5.82 Å². The van der Waals surface area contributed by atoms with E-state index in [1.807, 2.05) is 6.20 Å². The Bertz CT molecular complexity index is 622. The van der Waals surface area contributed by atoms with Crippen molar-refractivity contribution in [1.29, 1.82) is 0 Å². The van der Waals surface area contributed by atoms with Gasteiger partial charge in [0.25, 0.3) is 0 Å². The lowest BCUT2D eigenvalue weighted by Crippen LogP contribution is -2.31. The summed E-state index contributed by atoms with van der Waals surface area (Å²) in [4.78, 5) is 11.3. The van der Waals surface area contributed by atoms with Crippen LogP contribution in [0.25, 0.3) is 0 Å². The molecule has 1 aliphatic rings. The van der Waals surface area contributed by atoms with Crippen LogP contribution in [0.15, 0.2) is 10.6 Å². The summed E-state index contributed by atoms with van der Waals surface area (Å²) in [6, 6.07) is 0. The Hall–Kier alpha value is -1.82. The molecule has 0 unspecified atom stereocenters. The summed E-state index contributed by atoms with van der Waals surface area (Å²) < 4.78 is 5.68. The van der Waals surface area contributed by atoms with Gasteiger partial charge in [-0.2, -0.15) is 0 Å². The third kappa shape index (κ3) is 3.10. The van der Waals surface area contributed by atoms with E-state index in [1.54, 1.807) is 0 Å². The van der Waals surface area contributed by atoms with Crippen LogP contribution in [-0.4, -0.2) is 31.6 Å². The zero-order valence-electron chi connectivity index (χ0n) is 12.8. The fourth-order valence-electron chi connectivity index (χ4n) is 2.46. The van der Waals surface area contributed by atoms with Crippen molar-refractivity contribution in [3.05, 3.63) is 35.1 Å². The Kier molecular flexibility index (Phi) is 3.96. The van der Waals surface area contributed by atoms with E-state index in [4.69, 9.17) is 4.42 Å². The summed E-state index contributed by atoms with van der Waals surface area (Å²) in [7, 11) is 0. The molecule has 0 N–H and O–H groups in total. The molecule has 6 nitrogen and oxygen atoms in total. The summed E-state index contributed by atoms with van der Waals surface area (Å²) in [6.07, 6.45) is 3.82. The molecule has 0 aromatic carbocycles. The van der Waals surface area contributed by atoms with Crippen LogP contribution < -0.4 is 0 Å². The SMILES string of the molecule is CCc1ncc2c(n1)CN(Cc1nnc(C(C)C)o1)CC2. The van der Waals surface area contributed by atoms with Crippen molar-refractivity contribution in [2.45, 2.75) is 52.6 Å². The van der Waals surface area contributed by atoms with Gasteiger partial charge < -0.3 is 4.42 Å². The van der Waals surface area contributed by atoms with Crippen LogP contribution >= 0.6 is 0 Å². The van der Waals surface area contributed by atoms with Crippen molar-refractivity contribution in [2.75, 3.05) is 6.54 Å². The zero-order chi connectivity index (χ0) is 14.8. The van der Waals surface area contributed by atoms with Crippen molar-refractivity contribution >= 4 is 0 Å². The first-order valence-electron chi connectivity index (χ1n) is 7.54. The molecule has 0 atom stereocenters. The van der Waals surface area contributed by atoms with Gasteiger partial charge in [-0.1, -0.05) is 20.8 Å². The van der Waals surface area contributed by atoms with Crippen molar-refractivity contribution in [3.8, 4) is 0 Å². The van der Waals surface area contributed by atoms with Crippen molar-refractivity contribution < 1.29 is 4.42 Å². The van der Waals surface area contributed by atoms with Crippen molar-refractivity contribution in [3.63, 3.8) is 0 Å². The summed E-state index contributed by atoms with van der Waals surface area (Å²) >= 11 is 0. The van der Waals surface area contributed by atoms with Crippen molar-refractivity contribution in [2.24, 2.45) is 0 Å². The highest BCUT2D eigenvalue weighted by Crippen LogP contribution is 2.19. The first-order chi connectivity index (χ1) is 10.2. The van der Waals surface area contributed by atoms with Gasteiger partial charge in [-0.15, -0.1) is 10.2 Å². The molecule has 0 saturated heterocycles. The Morgan fingerprint density at radius 2 is 2.19 bits per heavy atom. The van der Waals surface area contributed by atoms with E-state index in [9.17, 15) is 0 Å². The monoisotopic (exact) mass is 287 g/mol. The van der Waals surface area contributed by atoms with E-state index < -0.39 is 0 Å². The Morgan fingerprint density at radius 1 is 1.33 bits per heavy atom. The number of fused-ring (bicyclic) bond motifs is 1. The minimum Gasteiger partial charge on any atom is -0.424 e. The zero-order valence-corrected chi connectivity index (χ0v) is 12.8. The van der Waals surface area contributed by atoms with E-state index in [1.165, 1.54) is 5.56 Å². The van der Waals surface area contributed by atoms with Gasteiger partial charge in [-0.05, 0) is 12.0 Å². The van der Waals surface area contributed by atoms with Gasteiger partial charge >= 0.3 is 0 Å². The van der Waals surface area contributed by atoms with Gasteiger partial charge in [-0.3, -0.25) is 4.90 Å². The molecule has 0 bridgehead atoms. The normalized spacial score (nSPS) is 15.4. The molecule has 1 aliphatic heterocycles. The molecule has 112 valence electrons. The molecule has 0 spiro atoms. The molecule has 3 heterocycles. The summed E-state index contributed by atoms with van der Waals surface area (Å²) in [5.41, 5.74) is 2.40. The highest BCUT2D eigenvalue weighted by atomic mass is 16.4. The van der Waals surface area contributed by atoms with E-state index in [-0.39, 0.29) is 5.92 Å². The van der Waals surface area contributed by atoms with Crippen molar-refractivity contribution in [1.82, 2.24) is 25.1 Å². The quantitative estimate of drug-likeness (QED) is 0.858. The van der Waals surface area contributed by atoms with E-state index in [2.05, 4.69) is 45.8 Å². The molecular weight excluding hydrogens is 266 g/mol. The molecule has 21 heavy (non-hydrogen) atoms. The van der Waals surface area contributed by atoms with Crippen LogP contribution in [0.1, 0.15) is 55.6 Å². The second kappa shape index (κ2) is 5.89. The Balaban J connectivity index is 1.70. The first kappa shape index (κ1) is 14.1. The van der Waals surface area contributed by atoms with E-state index in [0.717, 1.165) is 37.4 Å². The lowest BCUT2D eigenvalue weighted by atomic mass is 10.1. The number of nitrogens with zero attached hydrogens (tertiary/aromatic N) is 5. The first-order valence-corrected chi connectivity index (χ1v) is 7.54. The highest BCUT2D eigenvalue weighted by molar-refractivity contribution is 5.20. The second-order valence-corrected chi connectivity index (χ2v) is 5.76. The lowest BCUT2D eigenvalue weighted by Gasteiger charge is -2.26. The molecule has 2 aromatic heterocycles. The average Bonchev–Trinajstić information content (AvgIpc) is 2.95. The molecule has 0 radical (unpaired) electrons. The third-order valence-electron chi connectivity index (χ3n) is 3.73. The van der Waals surface area contributed by atoms with E-state index >= 15 is 0 Å². The van der Waals surface area contributed by atoms with Crippen LogP contribution in [0.4, 0.5) is 0 Å². The van der Waals surface area contributed by atoms with Crippen LogP contribution in [0, 0.1) is 0 Å². The van der Waals surface area contributed by atoms with Gasteiger partial charge in [0.2, 0.25) is 11.8 Å². The lowest BCUT2D eigenvalue weighted by molar-refractivity contribution is 0.214. The van der Waals surface area contributed by atoms with Crippen LogP contribution in [-0.2, 0) is 25.9 Å². The fourth-order valence-corrected chi connectivity index (χ4v) is 2.46. The third-order valence-corrected chi connectivity index (χ3v) is 3.73. The number of aromatic nitrogens is 4. The molecule has 2 aromatic rings. The predicted molar refractivity (Wildman–Crippen MR) is 77.6 cm³/mol. The number of aryl methyl sites for hydroxylation is 1. The summed E-state index contributed by atoms with van der Waals surface area (Å²) in [5, 5.41) is 8.21. The van der Waals surface area contributed by atoms with Crippen LogP contribution in [0.5, 0.6) is 0 Å². The fraction of sp³-hybridized carbons (Fsp3) is 0.600. The minimum atomic E-state index is 0.271. The highest BCUT2D eigenvalue weighted by Gasteiger charge is 2.20. The summed E-state index contributed by atoms with van der Waals surface area (Å²) in [5.74, 6) is 2.58. The molecule has 6 heteroatoms. The van der Waals surface area contributed by atoms with E-state index in [0.29, 0.717) is 18.3 Å². The topological polar surface area (TPSA) is 67.9 Å². The number of hydrogen-bond donors (Lipinski definition) is 0. The standard InChI is InChI=1S/C15H21N5O/c1-4-13-16-7-11-5-6-20(8-12(11)17-13)9-14-18-19-15(21-14)10(2)3/h7,10H,4-6,8-9H2,1-3H3. The molecule has 0 amide bonds.